The number of carbonyl (C=O) groups is 1. The predicted octanol–water partition coefficient (Wildman–Crippen LogP) is 3.77. The number of amides is 1. The van der Waals surface area contributed by atoms with Gasteiger partial charge in [-0.15, -0.1) is 0 Å². The number of hydrogen-bond acceptors (Lipinski definition) is 5. The molecule has 0 saturated heterocycles. The van der Waals surface area contributed by atoms with Crippen LogP contribution >= 0.6 is 0 Å². The van der Waals surface area contributed by atoms with Crippen LogP contribution in [0.15, 0.2) is 48.7 Å². The van der Waals surface area contributed by atoms with Gasteiger partial charge in [-0.3, -0.25) is 4.79 Å². The van der Waals surface area contributed by atoms with Crippen LogP contribution in [0, 0.1) is 0 Å². The van der Waals surface area contributed by atoms with Crippen LogP contribution in [0.4, 0.5) is 5.95 Å². The highest BCUT2D eigenvalue weighted by atomic mass is 16.1. The van der Waals surface area contributed by atoms with Gasteiger partial charge in [-0.05, 0) is 73.6 Å². The molecular formula is C25H24N6O. The highest BCUT2D eigenvalue weighted by molar-refractivity contribution is 5.94. The number of anilines is 1. The fourth-order valence-electron chi connectivity index (χ4n) is 4.54. The monoisotopic (exact) mass is 424 g/mol. The maximum atomic E-state index is 12.5. The molecule has 160 valence electrons. The molecule has 1 fully saturated rings. The van der Waals surface area contributed by atoms with Crippen LogP contribution in [0.2, 0.25) is 0 Å². The Labute approximate surface area is 185 Å². The molecule has 0 spiro atoms. The lowest BCUT2D eigenvalue weighted by atomic mass is 9.82. The number of aryl methyl sites for hydroxylation is 1. The predicted molar refractivity (Wildman–Crippen MR) is 123 cm³/mol. The summed E-state index contributed by atoms with van der Waals surface area (Å²) in [5, 5.41) is 3.09. The smallest absolute Gasteiger partial charge is 0.251 e. The molecule has 7 nitrogen and oxygen atoms in total. The van der Waals surface area contributed by atoms with Crippen molar-refractivity contribution in [3.8, 4) is 11.3 Å². The Morgan fingerprint density at radius 2 is 1.94 bits per heavy atom. The van der Waals surface area contributed by atoms with E-state index in [9.17, 15) is 4.79 Å². The van der Waals surface area contributed by atoms with Crippen molar-refractivity contribution in [3.63, 3.8) is 0 Å². The average Bonchev–Trinajstić information content (AvgIpc) is 3.52. The SMILES string of the molecule is Nc1nccc(-c2ccc3nc(C4CCc5ccc(C(=O)NC6CC6)cc5C4)[nH]c3c2)n1. The van der Waals surface area contributed by atoms with Gasteiger partial charge in [-0.25, -0.2) is 15.0 Å². The molecule has 1 saturated carbocycles. The molecule has 2 aromatic carbocycles. The normalized spacial score (nSPS) is 17.8. The van der Waals surface area contributed by atoms with Gasteiger partial charge in [0.1, 0.15) is 5.82 Å². The van der Waals surface area contributed by atoms with E-state index < -0.39 is 0 Å². The number of H-pyrrole nitrogens is 1. The first kappa shape index (κ1) is 19.0. The third-order valence-electron chi connectivity index (χ3n) is 6.47. The molecule has 2 heterocycles. The van der Waals surface area contributed by atoms with Crippen molar-refractivity contribution in [2.24, 2.45) is 0 Å². The molecule has 0 radical (unpaired) electrons. The molecule has 2 aromatic heterocycles. The lowest BCUT2D eigenvalue weighted by Crippen LogP contribution is -2.26. The first-order valence-electron chi connectivity index (χ1n) is 11.1. The van der Waals surface area contributed by atoms with Crippen LogP contribution in [0.5, 0.6) is 0 Å². The van der Waals surface area contributed by atoms with Gasteiger partial charge in [0, 0.05) is 29.3 Å². The average molecular weight is 425 g/mol. The highest BCUT2D eigenvalue weighted by Gasteiger charge is 2.26. The summed E-state index contributed by atoms with van der Waals surface area (Å²) < 4.78 is 0. The van der Waals surface area contributed by atoms with E-state index in [1.54, 1.807) is 6.20 Å². The van der Waals surface area contributed by atoms with E-state index in [1.165, 1.54) is 11.1 Å². The number of fused-ring (bicyclic) bond motifs is 2. The molecule has 4 N–H and O–H groups in total. The molecule has 7 heteroatoms. The van der Waals surface area contributed by atoms with Crippen LogP contribution in [0.25, 0.3) is 22.3 Å². The number of benzene rings is 2. The molecule has 1 atom stereocenters. The van der Waals surface area contributed by atoms with Crippen molar-refractivity contribution < 1.29 is 4.79 Å². The second-order valence-corrected chi connectivity index (χ2v) is 8.82. The van der Waals surface area contributed by atoms with Crippen LogP contribution in [0.3, 0.4) is 0 Å². The summed E-state index contributed by atoms with van der Waals surface area (Å²) >= 11 is 0. The molecule has 2 aliphatic carbocycles. The molecule has 6 rings (SSSR count). The second-order valence-electron chi connectivity index (χ2n) is 8.82. The minimum absolute atomic E-state index is 0.0408. The third-order valence-corrected chi connectivity index (χ3v) is 6.47. The van der Waals surface area contributed by atoms with Gasteiger partial charge in [0.05, 0.1) is 16.7 Å². The minimum atomic E-state index is 0.0408. The summed E-state index contributed by atoms with van der Waals surface area (Å²) in [5.74, 6) is 1.60. The van der Waals surface area contributed by atoms with Crippen LogP contribution < -0.4 is 11.1 Å². The summed E-state index contributed by atoms with van der Waals surface area (Å²) in [4.78, 5) is 29.2. The molecule has 0 bridgehead atoms. The lowest BCUT2D eigenvalue weighted by molar-refractivity contribution is 0.0951. The van der Waals surface area contributed by atoms with Gasteiger partial charge in [-0.2, -0.15) is 0 Å². The number of nitrogen functional groups attached to an aromatic ring is 1. The fraction of sp³-hybridized carbons (Fsp3) is 0.280. The van der Waals surface area contributed by atoms with Gasteiger partial charge >= 0.3 is 0 Å². The molecular weight excluding hydrogens is 400 g/mol. The molecule has 4 aromatic rings. The number of aromatic amines is 1. The number of nitrogens with zero attached hydrogens (tertiary/aromatic N) is 3. The largest absolute Gasteiger partial charge is 0.368 e. The number of nitrogens with one attached hydrogen (secondary N) is 2. The van der Waals surface area contributed by atoms with Crippen molar-refractivity contribution >= 4 is 22.9 Å². The molecule has 1 amide bonds. The Kier molecular flexibility index (Phi) is 4.41. The standard InChI is InChI=1S/C25H24N6O/c26-25-27-10-9-20(31-25)15-5-8-21-22(13-15)30-23(29-21)16-3-1-14-2-4-17(12-18(14)11-16)24(32)28-19-6-7-19/h2,4-5,8-10,12-13,16,19H,1,3,6-7,11H2,(H,28,32)(H,29,30)(H2,26,27,31). The zero-order chi connectivity index (χ0) is 21.7. The van der Waals surface area contributed by atoms with Gasteiger partial charge in [-0.1, -0.05) is 12.1 Å². The Morgan fingerprint density at radius 1 is 1.03 bits per heavy atom. The summed E-state index contributed by atoms with van der Waals surface area (Å²) in [6, 6.07) is 14.4. The molecule has 0 aliphatic heterocycles. The number of hydrogen-bond donors (Lipinski definition) is 3. The number of nitrogens with two attached hydrogens (primary N) is 1. The number of carbonyl (C=O) groups excluding carboxylic acids is 1. The summed E-state index contributed by atoms with van der Waals surface area (Å²) in [6.07, 6.45) is 6.77. The first-order chi connectivity index (χ1) is 15.6. The maximum absolute atomic E-state index is 12.5. The Balaban J connectivity index is 1.26. The summed E-state index contributed by atoms with van der Waals surface area (Å²) in [6.45, 7) is 0. The molecule has 1 unspecified atom stereocenters. The van der Waals surface area contributed by atoms with E-state index in [4.69, 9.17) is 10.7 Å². The second kappa shape index (κ2) is 7.44. The first-order valence-corrected chi connectivity index (χ1v) is 11.1. The van der Waals surface area contributed by atoms with E-state index in [-0.39, 0.29) is 11.9 Å². The van der Waals surface area contributed by atoms with E-state index in [0.29, 0.717) is 12.0 Å². The highest BCUT2D eigenvalue weighted by Crippen LogP contribution is 2.33. The van der Waals surface area contributed by atoms with Crippen molar-refractivity contribution in [2.75, 3.05) is 5.73 Å². The van der Waals surface area contributed by atoms with E-state index >= 15 is 0 Å². The zero-order valence-electron chi connectivity index (χ0n) is 17.6. The Hall–Kier alpha value is -3.74. The maximum Gasteiger partial charge on any atom is 0.251 e. The van der Waals surface area contributed by atoms with Gasteiger partial charge in [0.2, 0.25) is 5.95 Å². The van der Waals surface area contributed by atoms with Crippen molar-refractivity contribution in [1.82, 2.24) is 25.3 Å². The number of rotatable bonds is 4. The summed E-state index contributed by atoms with van der Waals surface area (Å²) in [7, 11) is 0. The van der Waals surface area contributed by atoms with Crippen LogP contribution in [-0.2, 0) is 12.8 Å². The number of imidazole rings is 1. The van der Waals surface area contributed by atoms with Gasteiger partial charge in [0.15, 0.2) is 0 Å². The molecule has 2 aliphatic rings. The van der Waals surface area contributed by atoms with Gasteiger partial charge < -0.3 is 16.0 Å². The zero-order valence-corrected chi connectivity index (χ0v) is 17.6. The Bertz CT molecular complexity index is 1340. The van der Waals surface area contributed by atoms with Crippen LogP contribution in [0.1, 0.15) is 52.5 Å². The number of aromatic nitrogens is 4. The lowest BCUT2D eigenvalue weighted by Gasteiger charge is -2.23. The van der Waals surface area contributed by atoms with Crippen molar-refractivity contribution in [1.29, 1.82) is 0 Å². The third kappa shape index (κ3) is 3.60. The molecule has 32 heavy (non-hydrogen) atoms. The fourth-order valence-corrected chi connectivity index (χ4v) is 4.54. The van der Waals surface area contributed by atoms with E-state index in [1.807, 2.05) is 24.3 Å². The quantitative estimate of drug-likeness (QED) is 0.462. The van der Waals surface area contributed by atoms with Crippen molar-refractivity contribution in [3.05, 3.63) is 71.2 Å². The topological polar surface area (TPSA) is 110 Å². The Morgan fingerprint density at radius 3 is 2.78 bits per heavy atom. The summed E-state index contributed by atoms with van der Waals surface area (Å²) in [5.41, 5.74) is 12.8. The van der Waals surface area contributed by atoms with E-state index in [2.05, 4.69) is 38.5 Å². The van der Waals surface area contributed by atoms with Gasteiger partial charge in [0.25, 0.3) is 5.91 Å². The van der Waals surface area contributed by atoms with E-state index in [0.717, 1.165) is 65.8 Å². The minimum Gasteiger partial charge on any atom is -0.368 e. The van der Waals surface area contributed by atoms with Crippen molar-refractivity contribution in [2.45, 2.75) is 44.1 Å². The van der Waals surface area contributed by atoms with Crippen LogP contribution in [-0.4, -0.2) is 31.9 Å².